The van der Waals surface area contributed by atoms with E-state index in [-0.39, 0.29) is 17.2 Å². The van der Waals surface area contributed by atoms with E-state index in [9.17, 15) is 14.9 Å². The normalized spacial score (nSPS) is 13.8. The lowest BCUT2D eigenvalue weighted by Gasteiger charge is -2.28. The second kappa shape index (κ2) is 8.99. The predicted octanol–water partition coefficient (Wildman–Crippen LogP) is 6.11. The summed E-state index contributed by atoms with van der Waals surface area (Å²) in [7, 11) is 0. The lowest BCUT2D eigenvalue weighted by atomic mass is 10.1. The summed E-state index contributed by atoms with van der Waals surface area (Å²) in [6.07, 6.45) is 3.18. The minimum Gasteiger partial charge on any atom is -0.366 e. The second-order valence-corrected chi connectivity index (χ2v) is 9.06. The smallest absolute Gasteiger partial charge is 0.293 e. The van der Waals surface area contributed by atoms with E-state index in [1.54, 1.807) is 29.5 Å². The van der Waals surface area contributed by atoms with E-state index in [2.05, 4.69) is 10.3 Å². The highest BCUT2D eigenvalue weighted by Crippen LogP contribution is 2.33. The van der Waals surface area contributed by atoms with Crippen LogP contribution in [0.3, 0.4) is 0 Å². The van der Waals surface area contributed by atoms with Gasteiger partial charge >= 0.3 is 0 Å². The fourth-order valence-electron chi connectivity index (χ4n) is 4.14. The number of para-hydroxylation sites is 1. The quantitative estimate of drug-likeness (QED) is 0.288. The maximum Gasteiger partial charge on any atom is 0.293 e. The van der Waals surface area contributed by atoms with Crippen molar-refractivity contribution < 1.29 is 9.72 Å². The van der Waals surface area contributed by atoms with Crippen molar-refractivity contribution in [2.24, 2.45) is 0 Å². The average molecular weight is 459 g/mol. The molecule has 5 rings (SSSR count). The number of hydrogen-bond donors (Lipinski definition) is 1. The van der Waals surface area contributed by atoms with Gasteiger partial charge in [0.05, 0.1) is 15.1 Å². The summed E-state index contributed by atoms with van der Waals surface area (Å²) < 4.78 is 1.10. The highest BCUT2D eigenvalue weighted by atomic mass is 32.1. The van der Waals surface area contributed by atoms with Crippen LogP contribution in [0.5, 0.6) is 0 Å². The Morgan fingerprint density at radius 1 is 1.00 bits per heavy atom. The number of fused-ring (bicyclic) bond motifs is 1. The van der Waals surface area contributed by atoms with Crippen LogP contribution in [0.25, 0.3) is 20.8 Å². The van der Waals surface area contributed by atoms with E-state index >= 15 is 0 Å². The third-order valence-electron chi connectivity index (χ3n) is 5.79. The Morgan fingerprint density at radius 2 is 1.82 bits per heavy atom. The molecular formula is C25H22N4O3S. The Labute approximate surface area is 194 Å². The average Bonchev–Trinajstić information content (AvgIpc) is 3.29. The van der Waals surface area contributed by atoms with Gasteiger partial charge in [-0.2, -0.15) is 0 Å². The molecule has 1 aliphatic heterocycles. The van der Waals surface area contributed by atoms with Gasteiger partial charge in [-0.05, 0) is 55.7 Å². The van der Waals surface area contributed by atoms with Gasteiger partial charge in [0.1, 0.15) is 10.7 Å². The summed E-state index contributed by atoms with van der Waals surface area (Å²) in [5, 5.41) is 15.5. The number of nitrogens with zero attached hydrogens (tertiary/aromatic N) is 3. The highest BCUT2D eigenvalue weighted by molar-refractivity contribution is 7.21. The molecule has 3 aromatic carbocycles. The molecule has 0 bridgehead atoms. The van der Waals surface area contributed by atoms with Crippen LogP contribution in [-0.4, -0.2) is 28.9 Å². The van der Waals surface area contributed by atoms with Gasteiger partial charge in [0.2, 0.25) is 0 Å². The molecule has 0 saturated carbocycles. The Bertz CT molecular complexity index is 1310. The van der Waals surface area contributed by atoms with Crippen LogP contribution in [-0.2, 0) is 0 Å². The maximum absolute atomic E-state index is 12.9. The molecule has 0 radical (unpaired) electrons. The minimum absolute atomic E-state index is 0.0345. The number of benzene rings is 3. The number of aromatic nitrogens is 1. The number of nitro benzene ring substituents is 1. The van der Waals surface area contributed by atoms with Crippen molar-refractivity contribution >= 4 is 44.5 Å². The Hall–Kier alpha value is -3.78. The van der Waals surface area contributed by atoms with Crippen molar-refractivity contribution in [1.29, 1.82) is 0 Å². The number of carbonyl (C=O) groups is 1. The van der Waals surface area contributed by atoms with Crippen LogP contribution in [0.15, 0.2) is 66.7 Å². The molecule has 166 valence electrons. The summed E-state index contributed by atoms with van der Waals surface area (Å²) in [6.45, 7) is 1.59. The third kappa shape index (κ3) is 4.42. The predicted molar refractivity (Wildman–Crippen MR) is 132 cm³/mol. The summed E-state index contributed by atoms with van der Waals surface area (Å²) in [4.78, 5) is 30.9. The van der Waals surface area contributed by atoms with Crippen molar-refractivity contribution in [3.05, 3.63) is 82.4 Å². The van der Waals surface area contributed by atoms with E-state index in [4.69, 9.17) is 0 Å². The monoisotopic (exact) mass is 458 g/mol. The van der Waals surface area contributed by atoms with Gasteiger partial charge in [-0.3, -0.25) is 14.9 Å². The summed E-state index contributed by atoms with van der Waals surface area (Å²) in [6, 6.07) is 20.1. The van der Waals surface area contributed by atoms with Crippen molar-refractivity contribution in [1.82, 2.24) is 4.98 Å². The van der Waals surface area contributed by atoms with Gasteiger partial charge in [0.15, 0.2) is 0 Å². The van der Waals surface area contributed by atoms with Gasteiger partial charge < -0.3 is 10.2 Å². The summed E-state index contributed by atoms with van der Waals surface area (Å²) in [5.74, 6) is -0.384. The van der Waals surface area contributed by atoms with Gasteiger partial charge in [-0.1, -0.05) is 24.3 Å². The number of piperidine rings is 1. The molecule has 1 N–H and O–H groups in total. The van der Waals surface area contributed by atoms with Crippen molar-refractivity contribution in [2.45, 2.75) is 19.3 Å². The Kier molecular flexibility index (Phi) is 5.75. The van der Waals surface area contributed by atoms with Crippen LogP contribution >= 0.6 is 11.3 Å². The Balaban J connectivity index is 1.38. The lowest BCUT2D eigenvalue weighted by molar-refractivity contribution is -0.384. The molecule has 7 nitrogen and oxygen atoms in total. The van der Waals surface area contributed by atoms with Crippen molar-refractivity contribution in [3.8, 4) is 10.6 Å². The van der Waals surface area contributed by atoms with Crippen LogP contribution in [0.1, 0.15) is 29.6 Å². The van der Waals surface area contributed by atoms with Crippen LogP contribution in [0.4, 0.5) is 17.1 Å². The zero-order chi connectivity index (χ0) is 22.8. The number of thiazole rings is 1. The molecule has 1 aromatic heterocycles. The van der Waals surface area contributed by atoms with Crippen LogP contribution in [0, 0.1) is 10.1 Å². The third-order valence-corrected chi connectivity index (χ3v) is 6.88. The molecule has 0 spiro atoms. The zero-order valence-electron chi connectivity index (χ0n) is 17.9. The SMILES string of the molecule is O=C(Nc1cccc(-c2nc3ccccc3s2)c1)c1ccc(N2CCCCC2)c([N+](=O)[O-])c1. The van der Waals surface area contributed by atoms with E-state index < -0.39 is 4.92 Å². The molecule has 0 atom stereocenters. The van der Waals surface area contributed by atoms with E-state index in [0.29, 0.717) is 11.4 Å². The van der Waals surface area contributed by atoms with Crippen LogP contribution < -0.4 is 10.2 Å². The molecule has 1 amide bonds. The molecule has 1 fully saturated rings. The van der Waals surface area contributed by atoms with Crippen molar-refractivity contribution in [2.75, 3.05) is 23.3 Å². The molecule has 1 aliphatic rings. The standard InChI is InChI=1S/C25H22N4O3S/c30-24(17-11-12-21(22(16-17)29(31)32)28-13-4-1-5-14-28)26-19-8-6-7-18(15-19)25-27-20-9-2-3-10-23(20)33-25/h2-3,6-12,15-16H,1,4-5,13-14H2,(H,26,30). The minimum atomic E-state index is -0.408. The highest BCUT2D eigenvalue weighted by Gasteiger charge is 2.23. The van der Waals surface area contributed by atoms with Gasteiger partial charge in [-0.25, -0.2) is 4.98 Å². The molecule has 2 heterocycles. The molecule has 1 saturated heterocycles. The number of carbonyl (C=O) groups excluding carboxylic acids is 1. The summed E-state index contributed by atoms with van der Waals surface area (Å²) >= 11 is 1.59. The number of rotatable bonds is 5. The zero-order valence-corrected chi connectivity index (χ0v) is 18.7. The first kappa shape index (κ1) is 21.1. The Morgan fingerprint density at radius 3 is 2.61 bits per heavy atom. The van der Waals surface area contributed by atoms with Crippen LogP contribution in [0.2, 0.25) is 0 Å². The first-order valence-electron chi connectivity index (χ1n) is 10.9. The molecule has 0 aliphatic carbocycles. The van der Waals surface area contributed by atoms with E-state index in [0.717, 1.165) is 53.1 Å². The lowest BCUT2D eigenvalue weighted by Crippen LogP contribution is -2.30. The number of amides is 1. The largest absolute Gasteiger partial charge is 0.366 e. The summed E-state index contributed by atoms with van der Waals surface area (Å²) in [5.41, 5.74) is 3.25. The van der Waals surface area contributed by atoms with Gasteiger partial charge in [0, 0.05) is 36.0 Å². The molecule has 0 unspecified atom stereocenters. The number of nitro groups is 1. The first-order valence-corrected chi connectivity index (χ1v) is 11.7. The fraction of sp³-hybridized carbons (Fsp3) is 0.200. The molecule has 33 heavy (non-hydrogen) atoms. The molecule has 8 heteroatoms. The van der Waals surface area contributed by atoms with E-state index in [1.807, 2.05) is 47.4 Å². The molecular weight excluding hydrogens is 436 g/mol. The number of anilines is 2. The van der Waals surface area contributed by atoms with E-state index in [1.165, 1.54) is 6.07 Å². The fourth-order valence-corrected chi connectivity index (χ4v) is 5.10. The number of hydrogen-bond acceptors (Lipinski definition) is 6. The van der Waals surface area contributed by atoms with Gasteiger partial charge in [0.25, 0.3) is 11.6 Å². The number of nitrogens with one attached hydrogen (secondary N) is 1. The van der Waals surface area contributed by atoms with Gasteiger partial charge in [-0.15, -0.1) is 11.3 Å². The maximum atomic E-state index is 12.9. The molecule has 4 aromatic rings. The van der Waals surface area contributed by atoms with Crippen molar-refractivity contribution in [3.63, 3.8) is 0 Å². The topological polar surface area (TPSA) is 88.4 Å². The first-order chi connectivity index (χ1) is 16.1. The second-order valence-electron chi connectivity index (χ2n) is 8.03.